The molecule has 3 aromatic rings. The third-order valence-electron chi connectivity index (χ3n) is 20.1. The number of aryl methyl sites for hydroxylation is 2. The summed E-state index contributed by atoms with van der Waals surface area (Å²) in [6.45, 7) is 20.3. The van der Waals surface area contributed by atoms with E-state index in [0.29, 0.717) is 129 Å². The van der Waals surface area contributed by atoms with Crippen molar-refractivity contribution in [1.29, 1.82) is 0 Å². The molecule has 2 bridgehead atoms. The van der Waals surface area contributed by atoms with Gasteiger partial charge in [0.2, 0.25) is 5.79 Å². The quantitative estimate of drug-likeness (QED) is 0.0477. The van der Waals surface area contributed by atoms with Gasteiger partial charge in [-0.3, -0.25) is 28.9 Å². The first kappa shape index (κ1) is 75.8. The van der Waals surface area contributed by atoms with E-state index in [1.165, 1.54) is 23.3 Å². The lowest BCUT2D eigenvalue weighted by Crippen LogP contribution is -2.61. The Morgan fingerprint density at radius 1 is 0.885 bits per heavy atom. The van der Waals surface area contributed by atoms with Crippen LogP contribution in [0, 0.1) is 49.4 Å². The number of amides is 1. The van der Waals surface area contributed by atoms with Crippen molar-refractivity contribution in [1.82, 2.24) is 24.8 Å². The number of aliphatic hydroxyl groups excluding tert-OH is 2. The maximum atomic E-state index is 14.7. The van der Waals surface area contributed by atoms with E-state index in [9.17, 15) is 44.1 Å². The Morgan fingerprint density at radius 3 is 2.38 bits per heavy atom. The molecule has 21 nitrogen and oxygen atoms in total. The van der Waals surface area contributed by atoms with Crippen molar-refractivity contribution in [3.63, 3.8) is 0 Å². The first-order valence-corrected chi connectivity index (χ1v) is 35.5. The van der Waals surface area contributed by atoms with E-state index in [2.05, 4.69) is 25.1 Å². The highest BCUT2D eigenvalue weighted by Gasteiger charge is 2.53. The molecule has 0 radical (unpaired) electrons. The van der Waals surface area contributed by atoms with Crippen LogP contribution in [-0.4, -0.2) is 190 Å². The minimum atomic E-state index is -2.52. The number of nitrogens with one attached hydrogen (secondary N) is 1. The van der Waals surface area contributed by atoms with Crippen LogP contribution < -0.4 is 10.2 Å². The molecule has 1 unspecified atom stereocenters. The highest BCUT2D eigenvalue weighted by molar-refractivity contribution is 7.17. The van der Waals surface area contributed by atoms with Gasteiger partial charge < -0.3 is 54.1 Å². The number of hydrogen-bond acceptors (Lipinski definition) is 21. The van der Waals surface area contributed by atoms with E-state index in [4.69, 9.17) is 40.3 Å². The lowest BCUT2D eigenvalue weighted by Gasteiger charge is -2.43. The van der Waals surface area contributed by atoms with Gasteiger partial charge >= 0.3 is 5.97 Å². The smallest absolute Gasteiger partial charge is 0.329 e. The number of piperidine rings is 1. The molecule has 5 aliphatic rings. The number of thiazole rings is 1. The van der Waals surface area contributed by atoms with Crippen LogP contribution in [0.4, 0.5) is 16.8 Å². The fraction of sp³-hybridized carbons (Fsp3) is 0.630. The SMILES string of the molecule is CO[C@@H]1C[C@@H](CC(C)[C@@H]2CC(=O)[C@H](C)/C=C(\C)[C@@H](O)[C@@H](OC)C(=O)[C@H](C)C[C@H](C)/C=C/C=C/C=C(C)[C@@H](OCCN3CCN(c4cc(Nc5ncc(C(=O)Cc6c(C)cccc6Cl)s5)nc(C)n4)CC3)C[C@@H]3CC[C@@H](C)[C@@](O)(O3)C(=O)C(=O)N3CCCC[C@H]3C(=O)O2)CC[C@H]1O. The fourth-order valence-electron chi connectivity index (χ4n) is 14.0. The van der Waals surface area contributed by atoms with Crippen LogP contribution in [0.1, 0.15) is 152 Å². The molecule has 15 atom stereocenters. The molecule has 23 heteroatoms. The number of Topliss-reactive ketones (excluding diaryl/α,β-unsaturated/α-hetero) is 4. The van der Waals surface area contributed by atoms with E-state index in [1.807, 2.05) is 90.1 Å². The first-order valence-electron chi connectivity index (χ1n) is 34.4. The summed E-state index contributed by atoms with van der Waals surface area (Å²) in [6, 6.07) is 6.28. The second-order valence-corrected chi connectivity index (χ2v) is 28.9. The summed E-state index contributed by atoms with van der Waals surface area (Å²) in [7, 11) is 2.94. The molecule has 4 N–H and O–H groups in total. The van der Waals surface area contributed by atoms with Gasteiger partial charge in [0, 0.05) is 102 Å². The predicted molar refractivity (Wildman–Crippen MR) is 369 cm³/mol. The van der Waals surface area contributed by atoms with Gasteiger partial charge in [0.1, 0.15) is 47.6 Å². The number of esters is 1. The largest absolute Gasteiger partial charge is 0.460 e. The van der Waals surface area contributed by atoms with Gasteiger partial charge in [-0.15, -0.1) is 0 Å². The molecule has 3 saturated heterocycles. The number of ether oxygens (including phenoxy) is 5. The minimum Gasteiger partial charge on any atom is -0.460 e. The Morgan fingerprint density at radius 2 is 1.65 bits per heavy atom. The lowest BCUT2D eigenvalue weighted by molar-refractivity contribution is -0.266. The van der Waals surface area contributed by atoms with Crippen LogP contribution >= 0.6 is 22.9 Å². The Kier molecular flexibility index (Phi) is 27.8. The fourth-order valence-corrected chi connectivity index (χ4v) is 15.1. The predicted octanol–water partition coefficient (Wildman–Crippen LogP) is 10.1. The van der Waals surface area contributed by atoms with Crippen molar-refractivity contribution >= 4 is 74.7 Å². The number of benzene rings is 1. The third kappa shape index (κ3) is 19.9. The van der Waals surface area contributed by atoms with Crippen LogP contribution in [0.3, 0.4) is 0 Å². The van der Waals surface area contributed by atoms with Gasteiger partial charge in [-0.25, -0.2) is 19.7 Å². The monoisotopic (exact) mass is 1370 g/mol. The maximum Gasteiger partial charge on any atom is 0.329 e. The average molecular weight is 1370 g/mol. The first-order chi connectivity index (χ1) is 45.8. The average Bonchev–Trinajstić information content (AvgIpc) is 0.893. The number of fused-ring (bicyclic) bond motifs is 3. The Balaban J connectivity index is 0.976. The lowest BCUT2D eigenvalue weighted by atomic mass is 9.78. The highest BCUT2D eigenvalue weighted by atomic mass is 35.5. The summed E-state index contributed by atoms with van der Waals surface area (Å²) in [5.74, 6) is -6.61. The third-order valence-corrected chi connectivity index (χ3v) is 21.5. The molecule has 4 aliphatic heterocycles. The number of carbonyl (C=O) groups excluding carboxylic acids is 6. The summed E-state index contributed by atoms with van der Waals surface area (Å²) < 4.78 is 30.8. The Bertz CT molecular complexity index is 3290. The number of aliphatic hydroxyl groups is 3. The zero-order chi connectivity index (χ0) is 69.5. The number of methoxy groups -OCH3 is 2. The molecule has 8 rings (SSSR count). The zero-order valence-corrected chi connectivity index (χ0v) is 59.5. The van der Waals surface area contributed by atoms with Crippen molar-refractivity contribution in [3.8, 4) is 0 Å². The number of allylic oxidation sites excluding steroid dienone is 6. The van der Waals surface area contributed by atoms with Crippen LogP contribution in [0.25, 0.3) is 0 Å². The molecule has 2 aromatic heterocycles. The number of anilines is 3. The van der Waals surface area contributed by atoms with Gasteiger partial charge in [0.25, 0.3) is 11.7 Å². The van der Waals surface area contributed by atoms with E-state index in [-0.39, 0.29) is 73.4 Å². The molecule has 96 heavy (non-hydrogen) atoms. The summed E-state index contributed by atoms with van der Waals surface area (Å²) >= 11 is 7.69. The van der Waals surface area contributed by atoms with Crippen molar-refractivity contribution in [2.75, 3.05) is 70.3 Å². The maximum absolute atomic E-state index is 14.7. The summed E-state index contributed by atoms with van der Waals surface area (Å²) in [6.07, 6.45) is 12.2. The molecule has 1 aliphatic carbocycles. The van der Waals surface area contributed by atoms with Crippen LogP contribution in [0.15, 0.2) is 78.1 Å². The number of aromatic nitrogens is 3. The normalized spacial score (nSPS) is 31.7. The van der Waals surface area contributed by atoms with Crippen molar-refractivity contribution in [2.45, 2.75) is 200 Å². The second kappa shape index (κ2) is 35.2. The van der Waals surface area contributed by atoms with Gasteiger partial charge in [-0.1, -0.05) is 106 Å². The number of carbonyl (C=O) groups is 6. The molecule has 1 amide bonds. The summed E-state index contributed by atoms with van der Waals surface area (Å²) in [5, 5.41) is 39.1. The molecule has 6 heterocycles. The number of cyclic esters (lactones) is 1. The number of hydrogen-bond donors (Lipinski definition) is 4. The zero-order valence-electron chi connectivity index (χ0n) is 57.9. The number of rotatable bonds is 15. The number of piperazine rings is 1. The number of ketones is 4. The van der Waals surface area contributed by atoms with Crippen LogP contribution in [0.5, 0.6) is 0 Å². The standard InChI is InChI=1S/C73H102ClN7O14S/c1-43-18-13-12-14-19-45(3)60(93-33-32-79-28-30-80(31-29-79)65-41-64(76-51(9)77-65)78-72-75-42-63(96-72)59(84)39-54-44(2)20-17-21-55(54)74)38-53-25-23-50(8)73(90,95-53)69(87)70(88)81-27-16-15-22-56(81)71(89)94-61(47(5)36-52-24-26-57(82)62(37-52)91-10)40-58(83)46(4)35-49(7)67(86)68(92-11)66(85)48(6)34-43/h12-14,17-21,35,41-43,46-48,50,52-53,56-57,60-62,67-68,82,86,90H,15-16,22-34,36-40H2,1-11H3,(H,75,76,77,78)/b14-12+,18-13+,45-19?,49-35+/t43-,46-,47?,48-,50-,52-,53+,56+,57-,60+,61+,62-,67-,68+,73-/m1/s1. The Hall–Kier alpha value is -5.92. The Labute approximate surface area is 575 Å². The minimum absolute atomic E-state index is 0.0370. The summed E-state index contributed by atoms with van der Waals surface area (Å²) in [5.41, 5.74) is 2.98. The number of halogens is 1. The molecular weight excluding hydrogens is 1270 g/mol. The molecule has 1 saturated carbocycles. The van der Waals surface area contributed by atoms with E-state index >= 15 is 0 Å². The second-order valence-electron chi connectivity index (χ2n) is 27.5. The van der Waals surface area contributed by atoms with Crippen LogP contribution in [0.2, 0.25) is 5.02 Å². The molecule has 1 aromatic carbocycles. The van der Waals surface area contributed by atoms with Gasteiger partial charge in [0.05, 0.1) is 42.1 Å². The summed E-state index contributed by atoms with van der Waals surface area (Å²) in [4.78, 5) is 106. The van der Waals surface area contributed by atoms with E-state index in [1.54, 1.807) is 46.2 Å². The van der Waals surface area contributed by atoms with Gasteiger partial charge in [-0.05, 0) is 138 Å². The molecule has 4 fully saturated rings. The van der Waals surface area contributed by atoms with Crippen LogP contribution in [-0.2, 0) is 54.1 Å². The van der Waals surface area contributed by atoms with Crippen molar-refractivity contribution < 1.29 is 67.8 Å². The van der Waals surface area contributed by atoms with Crippen molar-refractivity contribution in [2.24, 2.45) is 35.5 Å². The van der Waals surface area contributed by atoms with Gasteiger partial charge in [0.15, 0.2) is 16.7 Å². The van der Waals surface area contributed by atoms with E-state index < -0.39 is 83.9 Å². The van der Waals surface area contributed by atoms with Crippen molar-refractivity contribution in [3.05, 3.63) is 105 Å². The highest BCUT2D eigenvalue weighted by Crippen LogP contribution is 2.39. The molecule has 526 valence electrons. The van der Waals surface area contributed by atoms with Gasteiger partial charge in [-0.2, -0.15) is 0 Å². The topological polar surface area (TPSA) is 270 Å². The number of nitrogens with zero attached hydrogens (tertiary/aromatic N) is 6. The van der Waals surface area contributed by atoms with E-state index in [0.717, 1.165) is 22.5 Å². The molecule has 0 spiro atoms. The molecular formula is C73H102ClN7O14S.